The van der Waals surface area contributed by atoms with E-state index in [9.17, 15) is 33.3 Å². The first-order valence-corrected chi connectivity index (χ1v) is 12.3. The second-order valence-electron chi connectivity index (χ2n) is 9.64. The molecule has 4 heterocycles. The number of aliphatic hydroxyl groups excluding tert-OH is 3. The van der Waals surface area contributed by atoms with Crippen LogP contribution in [0.3, 0.4) is 0 Å². The number of fused-ring (bicyclic) bond motifs is 1. The lowest BCUT2D eigenvalue weighted by molar-refractivity contribution is -0.212. The summed E-state index contributed by atoms with van der Waals surface area (Å²) in [5.74, 6) is -5.03. The number of aromatic nitrogens is 4. The summed E-state index contributed by atoms with van der Waals surface area (Å²) in [5.41, 5.74) is 2.02. The van der Waals surface area contributed by atoms with Crippen LogP contribution in [0.25, 0.3) is 22.4 Å². The monoisotopic (exact) mass is 561 g/mol. The van der Waals surface area contributed by atoms with E-state index in [0.29, 0.717) is 28.8 Å². The van der Waals surface area contributed by atoms with Gasteiger partial charge < -0.3 is 29.3 Å². The molecule has 6 rings (SSSR count). The topological polar surface area (TPSA) is 168 Å². The van der Waals surface area contributed by atoms with Gasteiger partial charge in [0, 0.05) is 24.0 Å². The van der Waals surface area contributed by atoms with Crippen LogP contribution >= 0.6 is 0 Å². The molecule has 12 nitrogen and oxygen atoms in total. The number of rotatable bonds is 6. The Bertz CT molecular complexity index is 1630. The Kier molecular flexibility index (Phi) is 6.66. The van der Waals surface area contributed by atoms with Crippen LogP contribution < -0.4 is 5.76 Å². The van der Waals surface area contributed by atoms with Crippen LogP contribution in [0.15, 0.2) is 50.9 Å². The highest BCUT2D eigenvalue weighted by molar-refractivity contribution is 6.03. The predicted octanol–water partition coefficient (Wildman–Crippen LogP) is 1.40. The lowest BCUT2D eigenvalue weighted by Crippen LogP contribution is -2.56. The normalized spacial score (nSPS) is 26.7. The predicted molar refractivity (Wildman–Crippen MR) is 130 cm³/mol. The molecule has 0 unspecified atom stereocenters. The molecule has 0 aliphatic carbocycles. The van der Waals surface area contributed by atoms with Crippen LogP contribution in [0, 0.1) is 17.5 Å². The van der Waals surface area contributed by atoms with Gasteiger partial charge in [-0.2, -0.15) is 0 Å². The average molecular weight is 561 g/mol. The third-order valence-electron chi connectivity index (χ3n) is 7.07. The molecule has 40 heavy (non-hydrogen) atoms. The molecular weight excluding hydrogens is 539 g/mol. The summed E-state index contributed by atoms with van der Waals surface area (Å²) in [6.07, 6.45) is -3.68. The molecular formula is C25H22F3N5O7. The standard InChI is InChI=1S/C25H22F3N5O7/c26-13-3-11(4-14(27)21(13)28)17-8-33(32-30-17)22-23(35)19(38-20(9-34)24(22)36)7-12-6-16(31-40-12)10-1-2-15-18(5-10)39-25(37)29-15/h1-5,8,12,19-20,22-24,34-36H,6-7,9H2,(H,29,37)/t12-,19+,20+,22+,23-,24-/m0/s1. The molecule has 0 radical (unpaired) electrons. The minimum absolute atomic E-state index is 0.0341. The fraction of sp³-hybridized carbons (Fsp3) is 0.360. The third kappa shape index (κ3) is 4.66. The number of benzene rings is 2. The fourth-order valence-corrected chi connectivity index (χ4v) is 5.05. The van der Waals surface area contributed by atoms with Gasteiger partial charge >= 0.3 is 5.76 Å². The van der Waals surface area contributed by atoms with Crippen LogP contribution in [-0.4, -0.2) is 78.1 Å². The second-order valence-corrected chi connectivity index (χ2v) is 9.64. The zero-order valence-electron chi connectivity index (χ0n) is 20.4. The van der Waals surface area contributed by atoms with E-state index in [0.717, 1.165) is 16.8 Å². The molecule has 210 valence electrons. The molecule has 0 spiro atoms. The Morgan fingerprint density at radius 2 is 1.80 bits per heavy atom. The van der Waals surface area contributed by atoms with Crippen molar-refractivity contribution in [2.24, 2.45) is 5.16 Å². The summed E-state index contributed by atoms with van der Waals surface area (Å²) in [4.78, 5) is 19.5. The van der Waals surface area contributed by atoms with E-state index in [1.165, 1.54) is 6.20 Å². The number of aromatic amines is 1. The van der Waals surface area contributed by atoms with Crippen molar-refractivity contribution in [2.45, 2.75) is 49.4 Å². The van der Waals surface area contributed by atoms with Crippen LogP contribution in [-0.2, 0) is 9.57 Å². The van der Waals surface area contributed by atoms with Gasteiger partial charge in [-0.15, -0.1) is 5.10 Å². The van der Waals surface area contributed by atoms with Gasteiger partial charge in [0.15, 0.2) is 23.0 Å². The highest BCUT2D eigenvalue weighted by Gasteiger charge is 2.47. The minimum Gasteiger partial charge on any atom is -0.408 e. The van der Waals surface area contributed by atoms with E-state index in [4.69, 9.17) is 14.0 Å². The van der Waals surface area contributed by atoms with Crippen LogP contribution in [0.1, 0.15) is 24.4 Å². The van der Waals surface area contributed by atoms with E-state index in [1.54, 1.807) is 18.2 Å². The number of H-pyrrole nitrogens is 1. The zero-order valence-corrected chi connectivity index (χ0v) is 20.4. The summed E-state index contributed by atoms with van der Waals surface area (Å²) in [7, 11) is 0. The molecule has 1 fully saturated rings. The van der Waals surface area contributed by atoms with Gasteiger partial charge in [0.1, 0.15) is 36.2 Å². The highest BCUT2D eigenvalue weighted by atomic mass is 19.2. The molecule has 0 amide bonds. The van der Waals surface area contributed by atoms with Crippen LogP contribution in [0.5, 0.6) is 0 Å². The Balaban J connectivity index is 1.19. The Labute approximate surface area is 222 Å². The minimum atomic E-state index is -1.63. The highest BCUT2D eigenvalue weighted by Crippen LogP contribution is 2.34. The quantitative estimate of drug-likeness (QED) is 0.254. The molecule has 6 atom stereocenters. The number of ether oxygens (including phenoxy) is 1. The fourth-order valence-electron chi connectivity index (χ4n) is 5.05. The maximum atomic E-state index is 13.7. The smallest absolute Gasteiger partial charge is 0.408 e. The number of hydrogen-bond donors (Lipinski definition) is 4. The number of hydrogen-bond acceptors (Lipinski definition) is 10. The van der Waals surface area contributed by atoms with Crippen molar-refractivity contribution in [1.82, 2.24) is 20.0 Å². The van der Waals surface area contributed by atoms with Gasteiger partial charge in [-0.05, 0) is 24.3 Å². The Morgan fingerprint density at radius 3 is 2.55 bits per heavy atom. The number of oxazole rings is 1. The van der Waals surface area contributed by atoms with E-state index in [-0.39, 0.29) is 17.7 Å². The SMILES string of the molecule is O=c1[nH]c2ccc(C3=NO[C@H](C[C@H]4O[C@H](CO)[C@H](O)[C@H](n5cc(-c6cc(F)c(F)c(F)c6)nn5)[C@H]4O)C3)cc2o1. The van der Waals surface area contributed by atoms with Crippen LogP contribution in [0.4, 0.5) is 13.2 Å². The van der Waals surface area contributed by atoms with Gasteiger partial charge in [0.05, 0.1) is 30.1 Å². The molecule has 1 saturated heterocycles. The first kappa shape index (κ1) is 26.2. The van der Waals surface area contributed by atoms with Gasteiger partial charge in [0.2, 0.25) is 0 Å². The molecule has 0 bridgehead atoms. The van der Waals surface area contributed by atoms with E-state index >= 15 is 0 Å². The summed E-state index contributed by atoms with van der Waals surface area (Å²) in [6.45, 7) is -0.577. The number of halogens is 3. The van der Waals surface area contributed by atoms with Crippen molar-refractivity contribution < 1.29 is 42.5 Å². The maximum absolute atomic E-state index is 13.7. The number of nitrogens with one attached hydrogen (secondary N) is 1. The largest absolute Gasteiger partial charge is 0.417 e. The summed E-state index contributed by atoms with van der Waals surface area (Å²) >= 11 is 0. The molecule has 15 heteroatoms. The van der Waals surface area contributed by atoms with Gasteiger partial charge in [-0.25, -0.2) is 22.6 Å². The Morgan fingerprint density at radius 1 is 1.05 bits per heavy atom. The van der Waals surface area contributed by atoms with Crippen LogP contribution in [0.2, 0.25) is 0 Å². The van der Waals surface area contributed by atoms with Crippen molar-refractivity contribution in [3.05, 3.63) is 70.1 Å². The van der Waals surface area contributed by atoms with E-state index in [1.807, 2.05) is 0 Å². The van der Waals surface area contributed by atoms with Gasteiger partial charge in [-0.3, -0.25) is 4.98 Å². The average Bonchev–Trinajstić information content (AvgIpc) is 3.68. The molecule has 2 aliphatic rings. The molecule has 4 aromatic rings. The van der Waals surface area contributed by atoms with Crippen molar-refractivity contribution in [1.29, 1.82) is 0 Å². The number of oxime groups is 1. The lowest BCUT2D eigenvalue weighted by atomic mass is 9.89. The second kappa shape index (κ2) is 10.2. The molecule has 2 aromatic carbocycles. The van der Waals surface area contributed by atoms with Gasteiger partial charge in [0.25, 0.3) is 0 Å². The van der Waals surface area contributed by atoms with Gasteiger partial charge in [-0.1, -0.05) is 16.4 Å². The maximum Gasteiger partial charge on any atom is 0.417 e. The van der Waals surface area contributed by atoms with Crippen molar-refractivity contribution in [3.8, 4) is 11.3 Å². The Hall–Kier alpha value is -4.05. The van der Waals surface area contributed by atoms with Crippen molar-refractivity contribution in [2.75, 3.05) is 6.61 Å². The number of nitrogens with zero attached hydrogens (tertiary/aromatic N) is 4. The molecule has 4 N–H and O–H groups in total. The van der Waals surface area contributed by atoms with E-state index < -0.39 is 66.4 Å². The molecule has 0 saturated carbocycles. The lowest BCUT2D eigenvalue weighted by Gasteiger charge is -2.42. The van der Waals surface area contributed by atoms with E-state index in [2.05, 4.69) is 20.5 Å². The molecule has 2 aromatic heterocycles. The zero-order chi connectivity index (χ0) is 28.1. The van der Waals surface area contributed by atoms with Crippen molar-refractivity contribution in [3.63, 3.8) is 0 Å². The number of aliphatic hydroxyl groups is 3. The third-order valence-corrected chi connectivity index (χ3v) is 7.07. The summed E-state index contributed by atoms with van der Waals surface area (Å²) in [5, 5.41) is 43.7. The van der Waals surface area contributed by atoms with Crippen molar-refractivity contribution >= 4 is 16.8 Å². The summed E-state index contributed by atoms with van der Waals surface area (Å²) in [6, 6.07) is 5.42. The molecule has 2 aliphatic heterocycles. The summed E-state index contributed by atoms with van der Waals surface area (Å²) < 4.78 is 52.8. The first-order chi connectivity index (χ1) is 19.2. The first-order valence-electron chi connectivity index (χ1n) is 12.3.